The molecule has 2 heterocycles. The van der Waals surface area contributed by atoms with E-state index in [1.54, 1.807) is 6.20 Å². The van der Waals surface area contributed by atoms with Gasteiger partial charge in [-0.05, 0) is 42.0 Å². The van der Waals surface area contributed by atoms with Crippen LogP contribution >= 0.6 is 0 Å². The summed E-state index contributed by atoms with van der Waals surface area (Å²) < 4.78 is 0. The average molecular weight is 359 g/mol. The van der Waals surface area contributed by atoms with Crippen LogP contribution in [-0.4, -0.2) is 34.8 Å². The molecule has 1 aliphatic heterocycles. The van der Waals surface area contributed by atoms with Crippen LogP contribution in [0.5, 0.6) is 0 Å². The molecule has 5 nitrogen and oxygen atoms in total. The molecule has 3 aromatic rings. The second-order valence-electron chi connectivity index (χ2n) is 6.76. The number of benzene rings is 2. The van der Waals surface area contributed by atoms with E-state index in [9.17, 15) is 9.59 Å². The summed E-state index contributed by atoms with van der Waals surface area (Å²) in [5.74, 6) is -0.118. The first-order valence-corrected chi connectivity index (χ1v) is 9.22. The van der Waals surface area contributed by atoms with Crippen LogP contribution in [0, 0.1) is 0 Å². The highest BCUT2D eigenvalue weighted by molar-refractivity contribution is 6.05. The molecule has 0 atom stereocenters. The number of carbonyl (C=O) groups is 2. The van der Waals surface area contributed by atoms with Crippen molar-refractivity contribution in [3.63, 3.8) is 0 Å². The van der Waals surface area contributed by atoms with E-state index in [4.69, 9.17) is 0 Å². The van der Waals surface area contributed by atoms with Gasteiger partial charge in [0.05, 0.1) is 0 Å². The number of aromatic nitrogens is 1. The summed E-state index contributed by atoms with van der Waals surface area (Å²) in [6, 6.07) is 17.0. The van der Waals surface area contributed by atoms with Crippen LogP contribution in [0.1, 0.15) is 39.3 Å². The van der Waals surface area contributed by atoms with Gasteiger partial charge in [-0.2, -0.15) is 0 Å². The third kappa shape index (κ3) is 3.67. The van der Waals surface area contributed by atoms with Crippen molar-refractivity contribution in [1.82, 2.24) is 15.2 Å². The Morgan fingerprint density at radius 1 is 0.963 bits per heavy atom. The number of hydrogen-bond donors (Lipinski definition) is 1. The topological polar surface area (TPSA) is 62.3 Å². The van der Waals surface area contributed by atoms with E-state index in [0.717, 1.165) is 42.3 Å². The van der Waals surface area contributed by atoms with E-state index < -0.39 is 0 Å². The summed E-state index contributed by atoms with van der Waals surface area (Å²) in [7, 11) is 0. The molecule has 1 fully saturated rings. The summed E-state index contributed by atoms with van der Waals surface area (Å²) in [4.78, 5) is 31.1. The Bertz CT molecular complexity index is 971. The summed E-state index contributed by atoms with van der Waals surface area (Å²) >= 11 is 0. The molecule has 136 valence electrons. The Morgan fingerprint density at radius 3 is 2.48 bits per heavy atom. The monoisotopic (exact) mass is 359 g/mol. The second-order valence-corrected chi connectivity index (χ2v) is 6.76. The molecule has 5 heteroatoms. The van der Waals surface area contributed by atoms with Crippen molar-refractivity contribution in [3.05, 3.63) is 77.6 Å². The minimum absolute atomic E-state index is 0.0861. The van der Waals surface area contributed by atoms with Crippen molar-refractivity contribution in [2.24, 2.45) is 0 Å². The average Bonchev–Trinajstić information content (AvgIpc) is 3.26. The van der Waals surface area contributed by atoms with Gasteiger partial charge in [-0.3, -0.25) is 14.6 Å². The van der Waals surface area contributed by atoms with Crippen LogP contribution in [0.25, 0.3) is 10.8 Å². The molecule has 0 spiro atoms. The summed E-state index contributed by atoms with van der Waals surface area (Å²) in [5.41, 5.74) is 2.07. The largest absolute Gasteiger partial charge is 0.347 e. The van der Waals surface area contributed by atoms with Gasteiger partial charge in [-0.25, -0.2) is 0 Å². The molecule has 1 N–H and O–H groups in total. The molecule has 0 aliphatic carbocycles. The van der Waals surface area contributed by atoms with Crippen LogP contribution < -0.4 is 5.32 Å². The molecule has 4 rings (SSSR count). The van der Waals surface area contributed by atoms with Gasteiger partial charge in [-0.1, -0.05) is 36.4 Å². The maximum Gasteiger partial charge on any atom is 0.270 e. The molecule has 2 amide bonds. The van der Waals surface area contributed by atoms with Crippen molar-refractivity contribution in [2.45, 2.75) is 19.4 Å². The zero-order chi connectivity index (χ0) is 18.6. The number of carbonyl (C=O) groups excluding carboxylic acids is 2. The van der Waals surface area contributed by atoms with E-state index in [0.29, 0.717) is 17.8 Å². The van der Waals surface area contributed by atoms with Crippen LogP contribution in [-0.2, 0) is 6.54 Å². The number of nitrogens with zero attached hydrogens (tertiary/aromatic N) is 2. The fourth-order valence-corrected chi connectivity index (χ4v) is 3.43. The molecule has 1 aromatic heterocycles. The Kier molecular flexibility index (Phi) is 4.83. The molecule has 1 saturated heterocycles. The fraction of sp³-hybridized carbons (Fsp3) is 0.227. The van der Waals surface area contributed by atoms with Crippen LogP contribution in [0.3, 0.4) is 0 Å². The van der Waals surface area contributed by atoms with Crippen molar-refractivity contribution < 1.29 is 9.59 Å². The highest BCUT2D eigenvalue weighted by atomic mass is 16.2. The molecular formula is C22H21N3O2. The summed E-state index contributed by atoms with van der Waals surface area (Å²) in [6.07, 6.45) is 3.81. The third-order valence-electron chi connectivity index (χ3n) is 4.94. The predicted molar refractivity (Wildman–Crippen MR) is 104 cm³/mol. The lowest BCUT2D eigenvalue weighted by Gasteiger charge is -2.15. The predicted octanol–water partition coefficient (Wildman–Crippen LogP) is 3.40. The van der Waals surface area contributed by atoms with E-state index in [-0.39, 0.29) is 11.8 Å². The van der Waals surface area contributed by atoms with Crippen molar-refractivity contribution in [3.8, 4) is 0 Å². The normalized spacial score (nSPS) is 13.7. The Morgan fingerprint density at radius 2 is 1.70 bits per heavy atom. The number of likely N-dealkylation sites (tertiary alicyclic amines) is 1. The van der Waals surface area contributed by atoms with Gasteiger partial charge in [0.15, 0.2) is 0 Å². The standard InChI is InChI=1S/C22H21N3O2/c26-21(20-19-6-2-1-5-17(19)11-12-23-20)24-15-16-7-9-18(10-8-16)22(27)25-13-3-4-14-25/h1-2,5-12H,3-4,13-15H2,(H,24,26). The van der Waals surface area contributed by atoms with Crippen LogP contribution in [0.4, 0.5) is 0 Å². The number of hydrogen-bond acceptors (Lipinski definition) is 3. The smallest absolute Gasteiger partial charge is 0.270 e. The van der Waals surface area contributed by atoms with E-state index in [1.807, 2.05) is 59.5 Å². The zero-order valence-corrected chi connectivity index (χ0v) is 15.0. The third-order valence-corrected chi connectivity index (χ3v) is 4.94. The molecule has 0 radical (unpaired) electrons. The fourth-order valence-electron chi connectivity index (χ4n) is 3.43. The van der Waals surface area contributed by atoms with Gasteiger partial charge in [0.1, 0.15) is 5.69 Å². The molecule has 1 aliphatic rings. The first kappa shape index (κ1) is 17.2. The van der Waals surface area contributed by atoms with Crippen LogP contribution in [0.15, 0.2) is 60.8 Å². The highest BCUT2D eigenvalue weighted by Crippen LogP contribution is 2.17. The maximum atomic E-state index is 12.5. The summed E-state index contributed by atoms with van der Waals surface area (Å²) in [5, 5.41) is 4.74. The van der Waals surface area contributed by atoms with Gasteiger partial charge in [0, 0.05) is 36.8 Å². The van der Waals surface area contributed by atoms with E-state index >= 15 is 0 Å². The number of rotatable bonds is 4. The zero-order valence-electron chi connectivity index (χ0n) is 15.0. The Labute approximate surface area is 158 Å². The molecule has 2 aromatic carbocycles. The van der Waals surface area contributed by atoms with E-state index in [1.165, 1.54) is 0 Å². The summed E-state index contributed by atoms with van der Waals surface area (Å²) in [6.45, 7) is 2.07. The lowest BCUT2D eigenvalue weighted by Crippen LogP contribution is -2.27. The molecular weight excluding hydrogens is 338 g/mol. The molecule has 0 unspecified atom stereocenters. The minimum atomic E-state index is -0.205. The van der Waals surface area contributed by atoms with Gasteiger partial charge >= 0.3 is 0 Å². The molecule has 0 bridgehead atoms. The van der Waals surface area contributed by atoms with Gasteiger partial charge < -0.3 is 10.2 Å². The Hall–Kier alpha value is -3.21. The molecule has 27 heavy (non-hydrogen) atoms. The number of pyridine rings is 1. The Balaban J connectivity index is 1.42. The number of fused-ring (bicyclic) bond motifs is 1. The van der Waals surface area contributed by atoms with Crippen LogP contribution in [0.2, 0.25) is 0 Å². The SMILES string of the molecule is O=C(NCc1ccc(C(=O)N2CCCC2)cc1)c1nccc2ccccc12. The minimum Gasteiger partial charge on any atom is -0.347 e. The molecule has 0 saturated carbocycles. The first-order chi connectivity index (χ1) is 13.2. The quantitative estimate of drug-likeness (QED) is 0.777. The van der Waals surface area contributed by atoms with Gasteiger partial charge in [0.2, 0.25) is 0 Å². The first-order valence-electron chi connectivity index (χ1n) is 9.22. The lowest BCUT2D eigenvalue weighted by molar-refractivity contribution is 0.0792. The number of nitrogens with one attached hydrogen (secondary N) is 1. The van der Waals surface area contributed by atoms with Crippen molar-refractivity contribution in [1.29, 1.82) is 0 Å². The maximum absolute atomic E-state index is 12.5. The van der Waals surface area contributed by atoms with Crippen molar-refractivity contribution in [2.75, 3.05) is 13.1 Å². The van der Waals surface area contributed by atoms with Gasteiger partial charge in [-0.15, -0.1) is 0 Å². The lowest BCUT2D eigenvalue weighted by atomic mass is 10.1. The second kappa shape index (κ2) is 7.58. The van der Waals surface area contributed by atoms with Crippen molar-refractivity contribution >= 4 is 22.6 Å². The van der Waals surface area contributed by atoms with E-state index in [2.05, 4.69) is 10.3 Å². The van der Waals surface area contributed by atoms with Gasteiger partial charge in [0.25, 0.3) is 11.8 Å². The highest BCUT2D eigenvalue weighted by Gasteiger charge is 2.19. The number of amides is 2.